The number of fused-ring (bicyclic) bond motifs is 2. The topological polar surface area (TPSA) is 38.7 Å². The molecule has 4 unspecified atom stereocenters. The van der Waals surface area contributed by atoms with Crippen molar-refractivity contribution < 1.29 is 14.6 Å². The Labute approximate surface area is 66.3 Å². The summed E-state index contributed by atoms with van der Waals surface area (Å²) < 4.78 is 11.0. The van der Waals surface area contributed by atoms with Crippen molar-refractivity contribution in [2.24, 2.45) is 0 Å². The highest BCUT2D eigenvalue weighted by atomic mass is 16.6. The molecule has 2 heterocycles. The zero-order valence-electron chi connectivity index (χ0n) is 6.91. The standard InChI is InChI=1S/C8H14O3/c1-3-8-4-10-6(7(8)9)5(2)11-8/h5-7,9H,3-4H2,1-2H3. The Morgan fingerprint density at radius 1 is 1.64 bits per heavy atom. The number of aliphatic hydroxyl groups is 1. The Morgan fingerprint density at radius 3 is 2.64 bits per heavy atom. The van der Waals surface area contributed by atoms with Crippen molar-refractivity contribution in [3.63, 3.8) is 0 Å². The van der Waals surface area contributed by atoms with Crippen LogP contribution in [0, 0.1) is 0 Å². The molecule has 0 aromatic carbocycles. The summed E-state index contributed by atoms with van der Waals surface area (Å²) in [5.74, 6) is 0. The van der Waals surface area contributed by atoms with E-state index in [1.54, 1.807) is 0 Å². The van der Waals surface area contributed by atoms with Gasteiger partial charge in [-0.2, -0.15) is 0 Å². The summed E-state index contributed by atoms with van der Waals surface area (Å²) in [5.41, 5.74) is -0.385. The van der Waals surface area contributed by atoms with Crippen LogP contribution in [-0.2, 0) is 9.47 Å². The fourth-order valence-electron chi connectivity index (χ4n) is 2.04. The second-order valence-corrected chi connectivity index (χ2v) is 3.46. The molecule has 0 saturated carbocycles. The van der Waals surface area contributed by atoms with Crippen molar-refractivity contribution in [1.29, 1.82) is 0 Å². The highest BCUT2D eigenvalue weighted by Crippen LogP contribution is 2.41. The highest BCUT2D eigenvalue weighted by Gasteiger charge is 2.58. The quantitative estimate of drug-likeness (QED) is 0.597. The predicted molar refractivity (Wildman–Crippen MR) is 39.3 cm³/mol. The van der Waals surface area contributed by atoms with E-state index >= 15 is 0 Å². The van der Waals surface area contributed by atoms with Gasteiger partial charge < -0.3 is 14.6 Å². The van der Waals surface area contributed by atoms with Gasteiger partial charge in [0.1, 0.15) is 17.8 Å². The van der Waals surface area contributed by atoms with Gasteiger partial charge in [-0.05, 0) is 13.3 Å². The van der Waals surface area contributed by atoms with Crippen LogP contribution in [0.3, 0.4) is 0 Å². The maximum absolute atomic E-state index is 9.70. The molecular weight excluding hydrogens is 144 g/mol. The Balaban J connectivity index is 2.24. The molecule has 2 saturated heterocycles. The molecule has 0 radical (unpaired) electrons. The second-order valence-electron chi connectivity index (χ2n) is 3.46. The number of rotatable bonds is 1. The second kappa shape index (κ2) is 2.19. The van der Waals surface area contributed by atoms with Gasteiger partial charge in [0.15, 0.2) is 0 Å². The molecule has 2 bridgehead atoms. The molecule has 0 aliphatic carbocycles. The van der Waals surface area contributed by atoms with E-state index in [4.69, 9.17) is 9.47 Å². The molecule has 0 spiro atoms. The third-order valence-electron chi connectivity index (χ3n) is 2.85. The van der Waals surface area contributed by atoms with Crippen LogP contribution in [0.15, 0.2) is 0 Å². The monoisotopic (exact) mass is 158 g/mol. The Kier molecular flexibility index (Phi) is 1.50. The molecule has 1 N–H and O–H groups in total. The van der Waals surface area contributed by atoms with Crippen LogP contribution in [0.5, 0.6) is 0 Å². The lowest BCUT2D eigenvalue weighted by molar-refractivity contribution is -0.139. The lowest BCUT2D eigenvalue weighted by atomic mass is 9.96. The fourth-order valence-corrected chi connectivity index (χ4v) is 2.04. The van der Waals surface area contributed by atoms with Gasteiger partial charge in [0.05, 0.1) is 12.7 Å². The summed E-state index contributed by atoms with van der Waals surface area (Å²) in [5, 5.41) is 9.70. The van der Waals surface area contributed by atoms with Crippen LogP contribution in [0.1, 0.15) is 20.3 Å². The molecule has 64 valence electrons. The summed E-state index contributed by atoms with van der Waals surface area (Å²) in [7, 11) is 0. The van der Waals surface area contributed by atoms with Crippen molar-refractivity contribution >= 4 is 0 Å². The van der Waals surface area contributed by atoms with Crippen molar-refractivity contribution in [2.75, 3.05) is 6.61 Å². The van der Waals surface area contributed by atoms with Crippen molar-refractivity contribution in [1.82, 2.24) is 0 Å². The summed E-state index contributed by atoms with van der Waals surface area (Å²) in [6.45, 7) is 4.52. The summed E-state index contributed by atoms with van der Waals surface area (Å²) in [6.07, 6.45) is 0.380. The number of hydrogen-bond acceptors (Lipinski definition) is 3. The molecule has 11 heavy (non-hydrogen) atoms. The van der Waals surface area contributed by atoms with Gasteiger partial charge >= 0.3 is 0 Å². The van der Waals surface area contributed by atoms with Crippen LogP contribution < -0.4 is 0 Å². The lowest BCUT2D eigenvalue weighted by Gasteiger charge is -2.27. The van der Waals surface area contributed by atoms with Crippen LogP contribution in [0.4, 0.5) is 0 Å². The van der Waals surface area contributed by atoms with E-state index < -0.39 is 6.10 Å². The first kappa shape index (κ1) is 7.53. The van der Waals surface area contributed by atoms with Crippen LogP contribution in [0.2, 0.25) is 0 Å². The van der Waals surface area contributed by atoms with Crippen molar-refractivity contribution in [3.05, 3.63) is 0 Å². The predicted octanol–water partition coefficient (Wildman–Crippen LogP) is 0.314. The van der Waals surface area contributed by atoms with E-state index in [2.05, 4.69) is 0 Å². The van der Waals surface area contributed by atoms with Gasteiger partial charge in [-0.3, -0.25) is 0 Å². The zero-order chi connectivity index (χ0) is 8.06. The maximum atomic E-state index is 9.70. The maximum Gasteiger partial charge on any atom is 0.120 e. The Morgan fingerprint density at radius 2 is 2.36 bits per heavy atom. The lowest BCUT2D eigenvalue weighted by Crippen LogP contribution is -2.39. The SMILES string of the molecule is CCC12COC(C(C)O1)C2O. The minimum absolute atomic E-state index is 0.0544. The molecule has 4 atom stereocenters. The average Bonchev–Trinajstić information content (AvgIpc) is 2.42. The third-order valence-corrected chi connectivity index (χ3v) is 2.85. The van der Waals surface area contributed by atoms with Crippen molar-refractivity contribution in [3.8, 4) is 0 Å². The van der Waals surface area contributed by atoms with Gasteiger partial charge in [-0.1, -0.05) is 6.92 Å². The van der Waals surface area contributed by atoms with Gasteiger partial charge in [-0.15, -0.1) is 0 Å². The fraction of sp³-hybridized carbons (Fsp3) is 1.00. The summed E-state index contributed by atoms with van der Waals surface area (Å²) >= 11 is 0. The first-order chi connectivity index (χ1) is 5.19. The van der Waals surface area contributed by atoms with Gasteiger partial charge in [0, 0.05) is 0 Å². The van der Waals surface area contributed by atoms with E-state index in [0.717, 1.165) is 6.42 Å². The average molecular weight is 158 g/mol. The minimum Gasteiger partial charge on any atom is -0.387 e. The minimum atomic E-state index is -0.414. The smallest absolute Gasteiger partial charge is 0.120 e. The Hall–Kier alpha value is -0.120. The number of ether oxygens (including phenoxy) is 2. The first-order valence-corrected chi connectivity index (χ1v) is 4.17. The molecule has 3 heteroatoms. The van der Waals surface area contributed by atoms with Crippen LogP contribution in [0.25, 0.3) is 0 Å². The van der Waals surface area contributed by atoms with Crippen LogP contribution >= 0.6 is 0 Å². The summed E-state index contributed by atoms with van der Waals surface area (Å²) in [6, 6.07) is 0. The highest BCUT2D eigenvalue weighted by molar-refractivity contribution is 5.05. The molecule has 2 aliphatic rings. The third kappa shape index (κ3) is 0.789. The summed E-state index contributed by atoms with van der Waals surface area (Å²) in [4.78, 5) is 0. The molecule has 3 nitrogen and oxygen atoms in total. The van der Waals surface area contributed by atoms with E-state index in [1.165, 1.54) is 0 Å². The zero-order valence-corrected chi connectivity index (χ0v) is 6.91. The van der Waals surface area contributed by atoms with Gasteiger partial charge in [0.2, 0.25) is 0 Å². The number of aliphatic hydroxyl groups excluding tert-OH is 1. The van der Waals surface area contributed by atoms with Crippen molar-refractivity contribution in [2.45, 2.75) is 44.2 Å². The molecule has 0 amide bonds. The largest absolute Gasteiger partial charge is 0.387 e. The van der Waals surface area contributed by atoms with Gasteiger partial charge in [-0.25, -0.2) is 0 Å². The molecule has 0 aromatic heterocycles. The number of hydrogen-bond donors (Lipinski definition) is 1. The molecular formula is C8H14O3. The molecule has 2 rings (SSSR count). The normalized spacial score (nSPS) is 55.4. The Bertz CT molecular complexity index is 171. The van der Waals surface area contributed by atoms with Crippen LogP contribution in [-0.4, -0.2) is 35.6 Å². The molecule has 2 aliphatic heterocycles. The molecule has 2 fully saturated rings. The van der Waals surface area contributed by atoms with E-state index in [9.17, 15) is 5.11 Å². The van der Waals surface area contributed by atoms with E-state index in [0.29, 0.717) is 6.61 Å². The first-order valence-electron chi connectivity index (χ1n) is 4.17. The molecule has 0 aromatic rings. The van der Waals surface area contributed by atoms with Gasteiger partial charge in [0.25, 0.3) is 0 Å². The van der Waals surface area contributed by atoms with E-state index in [-0.39, 0.29) is 17.8 Å². The van der Waals surface area contributed by atoms with E-state index in [1.807, 2.05) is 13.8 Å².